The standard InChI is InChI=1S/C17H20ClN3O/c1-2-15-13(17(22)20-10-6-3-7-11-20)12-19-21(15)16-9-5-4-8-14(16)18/h4-5,8-9,12H,2-3,6-7,10-11H2,1H3. The van der Waals surface area contributed by atoms with E-state index in [1.807, 2.05) is 36.1 Å². The predicted octanol–water partition coefficient (Wildman–Crippen LogP) is 3.71. The highest BCUT2D eigenvalue weighted by atomic mass is 35.5. The molecule has 116 valence electrons. The summed E-state index contributed by atoms with van der Waals surface area (Å²) in [5.74, 6) is 0.0925. The van der Waals surface area contributed by atoms with Gasteiger partial charge in [-0.2, -0.15) is 5.10 Å². The smallest absolute Gasteiger partial charge is 0.257 e. The largest absolute Gasteiger partial charge is 0.339 e. The van der Waals surface area contributed by atoms with Gasteiger partial charge in [0.1, 0.15) is 0 Å². The number of para-hydroxylation sites is 1. The Balaban J connectivity index is 1.97. The van der Waals surface area contributed by atoms with Crippen molar-refractivity contribution in [3.05, 3.63) is 46.7 Å². The fourth-order valence-corrected chi connectivity index (χ4v) is 3.21. The minimum absolute atomic E-state index is 0.0925. The van der Waals surface area contributed by atoms with Crippen molar-refractivity contribution in [3.63, 3.8) is 0 Å². The first-order valence-corrected chi connectivity index (χ1v) is 8.21. The third kappa shape index (κ3) is 2.75. The highest BCUT2D eigenvalue weighted by Gasteiger charge is 2.24. The Bertz CT molecular complexity index is 674. The summed E-state index contributed by atoms with van der Waals surface area (Å²) < 4.78 is 1.79. The molecule has 0 atom stereocenters. The van der Waals surface area contributed by atoms with Gasteiger partial charge in [-0.25, -0.2) is 4.68 Å². The number of likely N-dealkylation sites (tertiary alicyclic amines) is 1. The van der Waals surface area contributed by atoms with Gasteiger partial charge < -0.3 is 4.90 Å². The monoisotopic (exact) mass is 317 g/mol. The second kappa shape index (κ2) is 6.53. The highest BCUT2D eigenvalue weighted by Crippen LogP contribution is 2.24. The van der Waals surface area contributed by atoms with Crippen LogP contribution in [0.25, 0.3) is 5.69 Å². The number of hydrogen-bond donors (Lipinski definition) is 0. The molecule has 0 radical (unpaired) electrons. The average molecular weight is 318 g/mol. The molecule has 22 heavy (non-hydrogen) atoms. The third-order valence-electron chi connectivity index (χ3n) is 4.16. The first-order chi connectivity index (χ1) is 10.7. The van der Waals surface area contributed by atoms with Crippen LogP contribution in [0.1, 0.15) is 42.2 Å². The predicted molar refractivity (Wildman–Crippen MR) is 87.7 cm³/mol. The number of halogens is 1. The van der Waals surface area contributed by atoms with E-state index in [9.17, 15) is 4.79 Å². The minimum Gasteiger partial charge on any atom is -0.339 e. The molecule has 1 aliphatic rings. The summed E-state index contributed by atoms with van der Waals surface area (Å²) in [4.78, 5) is 14.7. The molecule has 0 spiro atoms. The fourth-order valence-electron chi connectivity index (χ4n) is 2.99. The van der Waals surface area contributed by atoms with Crippen LogP contribution >= 0.6 is 11.6 Å². The number of carbonyl (C=O) groups excluding carboxylic acids is 1. The van der Waals surface area contributed by atoms with Crippen LogP contribution < -0.4 is 0 Å². The number of rotatable bonds is 3. The Labute approximate surface area is 135 Å². The molecule has 5 heteroatoms. The molecule has 4 nitrogen and oxygen atoms in total. The van der Waals surface area contributed by atoms with E-state index in [1.54, 1.807) is 10.9 Å². The van der Waals surface area contributed by atoms with E-state index >= 15 is 0 Å². The molecule has 1 aromatic carbocycles. The Morgan fingerprint density at radius 3 is 2.64 bits per heavy atom. The van der Waals surface area contributed by atoms with E-state index in [1.165, 1.54) is 6.42 Å². The molecule has 1 fully saturated rings. The van der Waals surface area contributed by atoms with Gasteiger partial charge in [-0.15, -0.1) is 0 Å². The highest BCUT2D eigenvalue weighted by molar-refractivity contribution is 6.32. The lowest BCUT2D eigenvalue weighted by atomic mass is 10.1. The summed E-state index contributed by atoms with van der Waals surface area (Å²) in [6, 6.07) is 7.57. The quantitative estimate of drug-likeness (QED) is 0.865. The molecular formula is C17H20ClN3O. The number of nitrogens with zero attached hydrogens (tertiary/aromatic N) is 3. The van der Waals surface area contributed by atoms with Crippen molar-refractivity contribution in [2.45, 2.75) is 32.6 Å². The van der Waals surface area contributed by atoms with Crippen LogP contribution in [0.4, 0.5) is 0 Å². The number of carbonyl (C=O) groups is 1. The molecule has 2 heterocycles. The molecule has 1 amide bonds. The molecule has 3 rings (SSSR count). The molecule has 1 aromatic heterocycles. The van der Waals surface area contributed by atoms with Gasteiger partial charge in [0.05, 0.1) is 28.2 Å². The van der Waals surface area contributed by atoms with Crippen LogP contribution in [0.2, 0.25) is 5.02 Å². The minimum atomic E-state index is 0.0925. The van der Waals surface area contributed by atoms with E-state index in [4.69, 9.17) is 11.6 Å². The molecule has 0 saturated carbocycles. The van der Waals surface area contributed by atoms with Crippen LogP contribution in [0.5, 0.6) is 0 Å². The van der Waals surface area contributed by atoms with Gasteiger partial charge >= 0.3 is 0 Å². The number of aromatic nitrogens is 2. The van der Waals surface area contributed by atoms with Crippen molar-refractivity contribution in [2.24, 2.45) is 0 Å². The third-order valence-corrected chi connectivity index (χ3v) is 4.48. The van der Waals surface area contributed by atoms with E-state index in [0.717, 1.165) is 43.7 Å². The van der Waals surface area contributed by atoms with Crippen LogP contribution in [-0.2, 0) is 6.42 Å². The van der Waals surface area contributed by atoms with Crippen molar-refractivity contribution in [1.82, 2.24) is 14.7 Å². The Kier molecular flexibility index (Phi) is 4.48. The maximum atomic E-state index is 12.7. The van der Waals surface area contributed by atoms with Gasteiger partial charge in [-0.3, -0.25) is 4.79 Å². The van der Waals surface area contributed by atoms with Gasteiger partial charge in [-0.1, -0.05) is 30.7 Å². The van der Waals surface area contributed by atoms with Crippen molar-refractivity contribution < 1.29 is 4.79 Å². The summed E-state index contributed by atoms with van der Waals surface area (Å²) >= 11 is 6.27. The van der Waals surface area contributed by atoms with Crippen LogP contribution in [0.15, 0.2) is 30.5 Å². The van der Waals surface area contributed by atoms with E-state index in [0.29, 0.717) is 10.6 Å². The van der Waals surface area contributed by atoms with Gasteiger partial charge in [0.15, 0.2) is 0 Å². The van der Waals surface area contributed by atoms with Crippen molar-refractivity contribution in [2.75, 3.05) is 13.1 Å². The fraction of sp³-hybridized carbons (Fsp3) is 0.412. The van der Waals surface area contributed by atoms with E-state index in [-0.39, 0.29) is 5.91 Å². The topological polar surface area (TPSA) is 38.1 Å². The van der Waals surface area contributed by atoms with Crippen LogP contribution in [-0.4, -0.2) is 33.7 Å². The summed E-state index contributed by atoms with van der Waals surface area (Å²) in [6.45, 7) is 3.73. The van der Waals surface area contributed by atoms with Crippen molar-refractivity contribution >= 4 is 17.5 Å². The number of amides is 1. The number of benzene rings is 1. The van der Waals surface area contributed by atoms with Crippen molar-refractivity contribution in [1.29, 1.82) is 0 Å². The van der Waals surface area contributed by atoms with Gasteiger partial charge in [0.2, 0.25) is 0 Å². The van der Waals surface area contributed by atoms with E-state index < -0.39 is 0 Å². The van der Waals surface area contributed by atoms with Crippen LogP contribution in [0.3, 0.4) is 0 Å². The lowest BCUT2D eigenvalue weighted by Gasteiger charge is -2.26. The van der Waals surface area contributed by atoms with E-state index in [2.05, 4.69) is 5.10 Å². The second-order valence-electron chi connectivity index (χ2n) is 5.57. The maximum absolute atomic E-state index is 12.7. The Morgan fingerprint density at radius 1 is 1.23 bits per heavy atom. The molecular weight excluding hydrogens is 298 g/mol. The summed E-state index contributed by atoms with van der Waals surface area (Å²) in [6.07, 6.45) is 5.81. The SMILES string of the molecule is CCc1c(C(=O)N2CCCCC2)cnn1-c1ccccc1Cl. The van der Waals surface area contributed by atoms with Gasteiger partial charge in [0, 0.05) is 13.1 Å². The zero-order valence-electron chi connectivity index (χ0n) is 12.8. The Hall–Kier alpha value is -1.81. The lowest BCUT2D eigenvalue weighted by Crippen LogP contribution is -2.36. The zero-order chi connectivity index (χ0) is 15.5. The van der Waals surface area contributed by atoms with Crippen molar-refractivity contribution in [3.8, 4) is 5.69 Å². The first-order valence-electron chi connectivity index (χ1n) is 7.83. The molecule has 0 aliphatic carbocycles. The molecule has 0 unspecified atom stereocenters. The second-order valence-corrected chi connectivity index (χ2v) is 5.98. The molecule has 1 aliphatic heterocycles. The average Bonchev–Trinajstić information content (AvgIpc) is 2.99. The van der Waals surface area contributed by atoms with Crippen LogP contribution in [0, 0.1) is 0 Å². The van der Waals surface area contributed by atoms with Gasteiger partial charge in [0.25, 0.3) is 5.91 Å². The normalized spacial score (nSPS) is 15.1. The summed E-state index contributed by atoms with van der Waals surface area (Å²) in [7, 11) is 0. The number of piperidine rings is 1. The molecule has 0 N–H and O–H groups in total. The summed E-state index contributed by atoms with van der Waals surface area (Å²) in [5.41, 5.74) is 2.44. The lowest BCUT2D eigenvalue weighted by molar-refractivity contribution is 0.0723. The molecule has 0 bridgehead atoms. The summed E-state index contributed by atoms with van der Waals surface area (Å²) in [5, 5.41) is 5.06. The first kappa shape index (κ1) is 15.1. The maximum Gasteiger partial charge on any atom is 0.257 e. The van der Waals surface area contributed by atoms with Gasteiger partial charge in [-0.05, 0) is 37.8 Å². The molecule has 1 saturated heterocycles. The molecule has 2 aromatic rings. The zero-order valence-corrected chi connectivity index (χ0v) is 13.5. The number of hydrogen-bond acceptors (Lipinski definition) is 2. The Morgan fingerprint density at radius 2 is 1.95 bits per heavy atom.